The van der Waals surface area contributed by atoms with Gasteiger partial charge in [-0.2, -0.15) is 11.8 Å². The molecule has 0 spiro atoms. The van der Waals surface area contributed by atoms with Crippen molar-refractivity contribution in [3.05, 3.63) is 64.7 Å². The van der Waals surface area contributed by atoms with Crippen LogP contribution in [0.4, 0.5) is 5.69 Å². The third-order valence-electron chi connectivity index (χ3n) is 6.69. The summed E-state index contributed by atoms with van der Waals surface area (Å²) in [6, 6.07) is 11.5. The predicted octanol–water partition coefficient (Wildman–Crippen LogP) is 7.39. The van der Waals surface area contributed by atoms with Crippen LogP contribution in [-0.2, 0) is 36.8 Å². The van der Waals surface area contributed by atoms with Gasteiger partial charge in [-0.1, -0.05) is 54.0 Å². The SMILES string of the molecule is CC.CC.CC(=O)OC(C)(C)C.CCC.COC(=O)c1ccc(C(=O)Nc2ccc3c(c2)CN(C(=O)C(N)C(C)(C)SC)C(C)C3)cc1.NC=O. The van der Waals surface area contributed by atoms with Gasteiger partial charge in [0.15, 0.2) is 0 Å². The molecule has 0 saturated carbocycles. The minimum absolute atomic E-state index is 0.0440. The summed E-state index contributed by atoms with van der Waals surface area (Å²) in [5.74, 6) is -1.03. The number of carbonyl (C=O) groups excluding carboxylic acids is 5. The fourth-order valence-corrected chi connectivity index (χ4v) is 4.58. The lowest BCUT2D eigenvalue weighted by atomic mass is 9.92. The molecule has 11 nitrogen and oxygen atoms in total. The van der Waals surface area contributed by atoms with E-state index in [4.69, 9.17) is 15.3 Å². The Morgan fingerprint density at radius 3 is 1.82 bits per heavy atom. The van der Waals surface area contributed by atoms with Gasteiger partial charge in [-0.3, -0.25) is 19.2 Å². The summed E-state index contributed by atoms with van der Waals surface area (Å²) in [4.78, 5) is 58.1. The number of anilines is 1. The standard InChI is InChI=1S/C25H31N3O4S.C6H12O2.C3H8.2C2H6.CH3NO/c1-15-12-18-10-11-20(27-22(29)16-6-8-17(9-7-16)24(31)32-4)13-19(18)14-28(15)23(30)21(26)25(2,3)33-5;1-5(7)8-6(2,3)4;1-3-2;2*1-2;2-1-3/h6-11,13,15,21H,12,14,26H2,1-5H3,(H,27,29);1-4H3;3H2,1-2H3;2*1-2H3;1H,(H2,2,3). The number of hydrogen-bond donors (Lipinski definition) is 3. The summed E-state index contributed by atoms with van der Waals surface area (Å²) in [5.41, 5.74) is 13.8. The third-order valence-corrected chi connectivity index (χ3v) is 8.00. The lowest BCUT2D eigenvalue weighted by molar-refractivity contribution is -0.152. The lowest BCUT2D eigenvalue weighted by Gasteiger charge is -2.39. The summed E-state index contributed by atoms with van der Waals surface area (Å²) in [7, 11) is 1.31. The zero-order valence-electron chi connectivity index (χ0n) is 33.8. The summed E-state index contributed by atoms with van der Waals surface area (Å²) in [5, 5.41) is 2.90. The number of methoxy groups -OCH3 is 1. The van der Waals surface area contributed by atoms with E-state index < -0.39 is 12.0 Å². The van der Waals surface area contributed by atoms with Crippen molar-refractivity contribution in [2.45, 2.75) is 132 Å². The second-order valence-corrected chi connectivity index (χ2v) is 13.8. The molecule has 0 fully saturated rings. The van der Waals surface area contributed by atoms with E-state index in [-0.39, 0.29) is 40.6 Å². The first-order valence-electron chi connectivity index (χ1n) is 17.4. The van der Waals surface area contributed by atoms with E-state index in [1.807, 2.05) is 98.6 Å². The minimum Gasteiger partial charge on any atom is -0.465 e. The molecule has 51 heavy (non-hydrogen) atoms. The van der Waals surface area contributed by atoms with E-state index in [9.17, 15) is 19.2 Å². The number of fused-ring (bicyclic) bond motifs is 1. The Hall–Kier alpha value is -3.90. The highest BCUT2D eigenvalue weighted by atomic mass is 32.2. The summed E-state index contributed by atoms with van der Waals surface area (Å²) < 4.78 is 9.12. The van der Waals surface area contributed by atoms with Crippen molar-refractivity contribution in [2.75, 3.05) is 18.7 Å². The van der Waals surface area contributed by atoms with Crippen LogP contribution in [0.15, 0.2) is 42.5 Å². The molecule has 0 bridgehead atoms. The van der Waals surface area contributed by atoms with Gasteiger partial charge in [0.2, 0.25) is 12.3 Å². The highest BCUT2D eigenvalue weighted by Gasteiger charge is 2.37. The zero-order chi connectivity index (χ0) is 40.5. The molecule has 2 aromatic carbocycles. The fraction of sp³-hybridized carbons (Fsp3) is 0.564. The lowest BCUT2D eigenvalue weighted by Crippen LogP contribution is -2.56. The van der Waals surface area contributed by atoms with Gasteiger partial charge >= 0.3 is 11.9 Å². The molecule has 0 aromatic heterocycles. The van der Waals surface area contributed by atoms with Crippen LogP contribution in [0.25, 0.3) is 0 Å². The van der Waals surface area contributed by atoms with Gasteiger partial charge in [0.1, 0.15) is 5.60 Å². The second kappa shape index (κ2) is 26.8. The number of rotatable bonds is 6. The van der Waals surface area contributed by atoms with Crippen molar-refractivity contribution in [3.63, 3.8) is 0 Å². The molecular weight excluding hydrogens is 669 g/mol. The van der Waals surface area contributed by atoms with Gasteiger partial charge in [0.05, 0.1) is 18.7 Å². The number of nitrogens with two attached hydrogens (primary N) is 2. The first-order valence-corrected chi connectivity index (χ1v) is 18.6. The van der Waals surface area contributed by atoms with Gasteiger partial charge in [-0.05, 0) is 102 Å². The molecular formula is C39H66N4O7S. The van der Waals surface area contributed by atoms with E-state index in [0.29, 0.717) is 23.4 Å². The number of carbonyl (C=O) groups is 5. The second-order valence-electron chi connectivity index (χ2n) is 12.4. The number of nitrogens with one attached hydrogen (secondary N) is 1. The Morgan fingerprint density at radius 2 is 1.43 bits per heavy atom. The summed E-state index contributed by atoms with van der Waals surface area (Å²) in [6.07, 6.45) is 4.19. The molecule has 1 aliphatic rings. The molecule has 12 heteroatoms. The number of nitrogens with zero attached hydrogens (tertiary/aromatic N) is 1. The van der Waals surface area contributed by atoms with Crippen LogP contribution in [0.1, 0.15) is 128 Å². The molecule has 2 atom stereocenters. The van der Waals surface area contributed by atoms with E-state index in [2.05, 4.69) is 29.6 Å². The first-order chi connectivity index (χ1) is 23.8. The molecule has 3 rings (SSSR count). The maximum atomic E-state index is 13.2. The van der Waals surface area contributed by atoms with Gasteiger partial charge in [-0.15, -0.1) is 0 Å². The van der Waals surface area contributed by atoms with Gasteiger partial charge < -0.3 is 31.2 Å². The summed E-state index contributed by atoms with van der Waals surface area (Å²) >= 11 is 1.58. The highest BCUT2D eigenvalue weighted by molar-refractivity contribution is 8.00. The molecule has 1 heterocycles. The Morgan fingerprint density at radius 1 is 0.961 bits per heavy atom. The third kappa shape index (κ3) is 19.9. The molecule has 0 radical (unpaired) electrons. The average molecular weight is 735 g/mol. The number of hydrogen-bond acceptors (Lipinski definition) is 9. The molecule has 3 amide bonds. The number of thioether (sulfide) groups is 1. The Labute approximate surface area is 312 Å². The molecule has 290 valence electrons. The van der Waals surface area contributed by atoms with E-state index in [0.717, 1.165) is 17.5 Å². The van der Waals surface area contributed by atoms with Gasteiger partial charge in [0, 0.05) is 35.5 Å². The summed E-state index contributed by atoms with van der Waals surface area (Å²) in [6.45, 7) is 25.6. The minimum atomic E-state index is -0.604. The monoisotopic (exact) mass is 734 g/mol. The Bertz CT molecular complexity index is 1330. The smallest absolute Gasteiger partial charge is 0.337 e. The molecule has 2 aromatic rings. The van der Waals surface area contributed by atoms with Crippen LogP contribution in [-0.4, -0.2) is 70.9 Å². The van der Waals surface area contributed by atoms with E-state index in [1.54, 1.807) is 36.0 Å². The zero-order valence-corrected chi connectivity index (χ0v) is 34.6. The fourth-order valence-electron chi connectivity index (χ4n) is 4.23. The molecule has 1 aliphatic heterocycles. The number of ether oxygens (including phenoxy) is 2. The van der Waals surface area contributed by atoms with Crippen LogP contribution >= 0.6 is 11.8 Å². The topological polar surface area (TPSA) is 171 Å². The van der Waals surface area contributed by atoms with Crippen LogP contribution in [0.2, 0.25) is 0 Å². The number of amides is 3. The molecule has 0 saturated heterocycles. The van der Waals surface area contributed by atoms with Crippen molar-refractivity contribution in [3.8, 4) is 0 Å². The first kappa shape index (κ1) is 51.5. The van der Waals surface area contributed by atoms with E-state index >= 15 is 0 Å². The van der Waals surface area contributed by atoms with Gasteiger partial charge in [0.25, 0.3) is 5.91 Å². The van der Waals surface area contributed by atoms with E-state index in [1.165, 1.54) is 20.5 Å². The Balaban J connectivity index is -0.00000107. The number of primary amides is 1. The maximum absolute atomic E-state index is 13.2. The van der Waals surface area contributed by atoms with Crippen molar-refractivity contribution in [1.29, 1.82) is 0 Å². The maximum Gasteiger partial charge on any atom is 0.337 e. The van der Waals surface area contributed by atoms with Crippen molar-refractivity contribution in [2.24, 2.45) is 11.5 Å². The van der Waals surface area contributed by atoms with Crippen molar-refractivity contribution >= 4 is 47.6 Å². The highest BCUT2D eigenvalue weighted by Crippen LogP contribution is 2.30. The predicted molar refractivity (Wildman–Crippen MR) is 212 cm³/mol. The van der Waals surface area contributed by atoms with Crippen molar-refractivity contribution < 1.29 is 33.4 Å². The number of benzene rings is 2. The van der Waals surface area contributed by atoms with Gasteiger partial charge in [-0.25, -0.2) is 4.79 Å². The van der Waals surface area contributed by atoms with Crippen molar-refractivity contribution in [1.82, 2.24) is 4.90 Å². The molecule has 5 N–H and O–H groups in total. The average Bonchev–Trinajstić information content (AvgIpc) is 3.08. The molecule has 0 aliphatic carbocycles. The normalized spacial score (nSPS) is 13.3. The quantitative estimate of drug-likeness (QED) is 0.202. The van der Waals surface area contributed by atoms with Crippen LogP contribution in [0.3, 0.4) is 0 Å². The Kier molecular flexibility index (Phi) is 27.1. The number of esters is 2. The van der Waals surface area contributed by atoms with Crippen LogP contribution in [0.5, 0.6) is 0 Å². The molecule has 2 unspecified atom stereocenters. The van der Waals surface area contributed by atoms with Crippen LogP contribution < -0.4 is 16.8 Å². The van der Waals surface area contributed by atoms with Crippen LogP contribution in [0, 0.1) is 0 Å². The largest absolute Gasteiger partial charge is 0.465 e.